The van der Waals surface area contributed by atoms with Crippen LogP contribution in [0.1, 0.15) is 91.0 Å². The lowest BCUT2D eigenvalue weighted by molar-refractivity contribution is -0.114. The third kappa shape index (κ3) is 5.08. The van der Waals surface area contributed by atoms with E-state index in [-0.39, 0.29) is 16.9 Å². The number of hydrogen-bond acceptors (Lipinski definition) is 3. The van der Waals surface area contributed by atoms with Gasteiger partial charge in [0, 0.05) is 37.0 Å². The van der Waals surface area contributed by atoms with Gasteiger partial charge in [0.15, 0.2) is 5.78 Å². The summed E-state index contributed by atoms with van der Waals surface area (Å²) in [6, 6.07) is 9.13. The van der Waals surface area contributed by atoms with Crippen LogP contribution in [0.5, 0.6) is 0 Å². The van der Waals surface area contributed by atoms with Gasteiger partial charge in [0.25, 0.3) is 0 Å². The maximum atomic E-state index is 12.1. The van der Waals surface area contributed by atoms with Crippen molar-refractivity contribution in [2.75, 3.05) is 18.5 Å². The minimum Gasteiger partial charge on any atom is -0.393 e. The van der Waals surface area contributed by atoms with Gasteiger partial charge in [-0.15, -0.1) is 12.3 Å². The van der Waals surface area contributed by atoms with Crippen LogP contribution in [0.25, 0.3) is 0 Å². The van der Waals surface area contributed by atoms with Crippen LogP contribution in [0.4, 0.5) is 5.69 Å². The first-order valence-electron chi connectivity index (χ1n) is 13.9. The van der Waals surface area contributed by atoms with E-state index in [0.717, 1.165) is 45.1 Å². The minimum atomic E-state index is -0.188. The molecule has 194 valence electrons. The molecule has 4 aliphatic carbocycles. The normalized spacial score (nSPS) is 31.3. The number of ketones is 1. The van der Waals surface area contributed by atoms with E-state index in [2.05, 4.69) is 56.0 Å². The summed E-state index contributed by atoms with van der Waals surface area (Å²) in [5, 5.41) is 11.0. The number of fused-ring (bicyclic) bond motifs is 4. The number of aliphatic hydroxyl groups is 1. The van der Waals surface area contributed by atoms with E-state index in [9.17, 15) is 9.90 Å². The maximum absolute atomic E-state index is 12.1. The van der Waals surface area contributed by atoms with Crippen LogP contribution < -0.4 is 4.90 Å². The fourth-order valence-corrected chi connectivity index (χ4v) is 7.08. The van der Waals surface area contributed by atoms with Crippen LogP contribution in [0, 0.1) is 35.0 Å². The van der Waals surface area contributed by atoms with E-state index in [1.54, 1.807) is 5.57 Å². The summed E-state index contributed by atoms with van der Waals surface area (Å²) in [5.41, 5.74) is 7.13. The van der Waals surface area contributed by atoms with Crippen molar-refractivity contribution in [2.45, 2.75) is 91.6 Å². The summed E-state index contributed by atoms with van der Waals surface area (Å²) < 4.78 is 0. The van der Waals surface area contributed by atoms with Crippen molar-refractivity contribution in [3.05, 3.63) is 52.6 Å². The summed E-state index contributed by atoms with van der Waals surface area (Å²) in [6.07, 6.45) is 13.7. The first-order chi connectivity index (χ1) is 17.0. The van der Waals surface area contributed by atoms with E-state index in [0.29, 0.717) is 30.0 Å². The molecule has 5 atom stereocenters. The van der Waals surface area contributed by atoms with Crippen LogP contribution in [-0.2, 0) is 4.79 Å². The number of rotatable bonds is 3. The molecule has 5 unspecified atom stereocenters. The van der Waals surface area contributed by atoms with E-state index < -0.39 is 0 Å². The van der Waals surface area contributed by atoms with Crippen molar-refractivity contribution >= 4 is 11.5 Å². The van der Waals surface area contributed by atoms with Gasteiger partial charge in [-0.2, -0.15) is 0 Å². The maximum Gasteiger partial charge on any atom is 0.156 e. The molecule has 3 nitrogen and oxygen atoms in total. The van der Waals surface area contributed by atoms with Crippen LogP contribution in [0.3, 0.4) is 0 Å². The molecule has 3 heteroatoms. The number of carbonyl (C=O) groups excluding carboxylic acids is 1. The number of benzene rings is 1. The SMILES string of the molecule is C#CC(C)(C)C.CCN(C)c1ccc(C2CC3(C)C(O)CCC3C3CCC4=CC(=O)CCC4=C23)cc1. The summed E-state index contributed by atoms with van der Waals surface area (Å²) >= 11 is 0. The molecule has 4 aliphatic rings. The van der Waals surface area contributed by atoms with E-state index >= 15 is 0 Å². The number of carbonyl (C=O) groups is 1. The van der Waals surface area contributed by atoms with Crippen molar-refractivity contribution < 1.29 is 9.90 Å². The highest BCUT2D eigenvalue weighted by atomic mass is 16.3. The monoisotopic (exact) mass is 487 g/mol. The lowest BCUT2D eigenvalue weighted by atomic mass is 9.53. The Balaban J connectivity index is 0.000000455. The predicted molar refractivity (Wildman–Crippen MR) is 150 cm³/mol. The van der Waals surface area contributed by atoms with Gasteiger partial charge in [-0.3, -0.25) is 4.79 Å². The summed E-state index contributed by atoms with van der Waals surface area (Å²) in [6.45, 7) is 11.5. The van der Waals surface area contributed by atoms with Crippen molar-refractivity contribution in [3.8, 4) is 12.3 Å². The molecule has 0 bridgehead atoms. The van der Waals surface area contributed by atoms with E-state index in [1.165, 1.54) is 22.4 Å². The van der Waals surface area contributed by atoms with E-state index in [1.807, 2.05) is 26.8 Å². The molecule has 1 N–H and O–H groups in total. The second-order valence-corrected chi connectivity index (χ2v) is 12.7. The van der Waals surface area contributed by atoms with E-state index in [4.69, 9.17) is 6.42 Å². The van der Waals surface area contributed by atoms with Gasteiger partial charge >= 0.3 is 0 Å². The second-order valence-electron chi connectivity index (χ2n) is 12.7. The summed E-state index contributed by atoms with van der Waals surface area (Å²) in [7, 11) is 2.13. The van der Waals surface area contributed by atoms with Gasteiger partial charge < -0.3 is 10.0 Å². The van der Waals surface area contributed by atoms with Crippen molar-refractivity contribution in [2.24, 2.45) is 22.7 Å². The molecule has 0 spiro atoms. The Labute approximate surface area is 219 Å². The Morgan fingerprint density at radius 3 is 2.39 bits per heavy atom. The molecular weight excluding hydrogens is 442 g/mol. The number of aliphatic hydroxyl groups excluding tert-OH is 1. The van der Waals surface area contributed by atoms with Gasteiger partial charge in [0.1, 0.15) is 0 Å². The van der Waals surface area contributed by atoms with Gasteiger partial charge in [0.2, 0.25) is 0 Å². The Hall–Kier alpha value is -2.31. The molecule has 36 heavy (non-hydrogen) atoms. The predicted octanol–water partition coefficient (Wildman–Crippen LogP) is 7.07. The number of anilines is 1. The first kappa shape index (κ1) is 26.7. The zero-order valence-electron chi connectivity index (χ0n) is 23.2. The lowest BCUT2D eigenvalue weighted by Crippen LogP contribution is -2.45. The Morgan fingerprint density at radius 1 is 1.11 bits per heavy atom. The molecule has 5 rings (SSSR count). The second kappa shape index (κ2) is 10.2. The number of hydrogen-bond donors (Lipinski definition) is 1. The average Bonchev–Trinajstić information content (AvgIpc) is 3.16. The standard InChI is InChI=1S/C27H35NO2.C6H10/c1-4-28(3)19-8-5-17(6-9-19)23-16-27(2)24(13-14-25(27)30)22-11-7-18-15-20(29)10-12-21(18)26(22)23;1-5-6(2,3)4/h5-6,8-9,15,22-25,30H,4,7,10-14,16H2,1-3H3;1H,2-4H3. The minimum absolute atomic E-state index is 0.00395. The molecule has 0 heterocycles. The van der Waals surface area contributed by atoms with Crippen molar-refractivity contribution in [1.29, 1.82) is 0 Å². The van der Waals surface area contributed by atoms with Crippen LogP contribution >= 0.6 is 0 Å². The fraction of sp³-hybridized carbons (Fsp3) is 0.606. The zero-order valence-corrected chi connectivity index (χ0v) is 23.2. The molecule has 0 aromatic heterocycles. The van der Waals surface area contributed by atoms with Crippen molar-refractivity contribution in [1.82, 2.24) is 0 Å². The van der Waals surface area contributed by atoms with Gasteiger partial charge in [-0.05, 0) is 118 Å². The number of allylic oxidation sites excluding steroid dienone is 4. The zero-order chi connectivity index (χ0) is 26.3. The topological polar surface area (TPSA) is 40.5 Å². The Bertz CT molecular complexity index is 1080. The number of nitrogens with zero attached hydrogens (tertiary/aromatic N) is 1. The first-order valence-corrected chi connectivity index (χ1v) is 13.9. The highest BCUT2D eigenvalue weighted by Crippen LogP contribution is 2.63. The van der Waals surface area contributed by atoms with Gasteiger partial charge in [0.05, 0.1) is 6.10 Å². The largest absolute Gasteiger partial charge is 0.393 e. The highest BCUT2D eigenvalue weighted by molar-refractivity contribution is 5.93. The Kier molecular flexibility index (Phi) is 7.59. The lowest BCUT2D eigenvalue weighted by Gasteiger charge is -2.52. The summed E-state index contributed by atoms with van der Waals surface area (Å²) in [4.78, 5) is 14.4. The quantitative estimate of drug-likeness (QED) is 0.464. The van der Waals surface area contributed by atoms with Gasteiger partial charge in [-0.25, -0.2) is 0 Å². The molecule has 1 aromatic carbocycles. The molecular formula is C33H45NO2. The molecule has 0 aliphatic heterocycles. The average molecular weight is 488 g/mol. The van der Waals surface area contributed by atoms with Crippen LogP contribution in [0.15, 0.2) is 47.1 Å². The fourth-order valence-electron chi connectivity index (χ4n) is 7.08. The van der Waals surface area contributed by atoms with Gasteiger partial charge in [-0.1, -0.05) is 24.6 Å². The third-order valence-electron chi connectivity index (χ3n) is 9.32. The van der Waals surface area contributed by atoms with Crippen LogP contribution in [0.2, 0.25) is 0 Å². The smallest absolute Gasteiger partial charge is 0.156 e. The van der Waals surface area contributed by atoms with Crippen LogP contribution in [-0.4, -0.2) is 30.6 Å². The molecule has 2 saturated carbocycles. The molecule has 0 amide bonds. The molecule has 0 radical (unpaired) electrons. The molecule has 0 saturated heterocycles. The molecule has 1 aromatic rings. The summed E-state index contributed by atoms with van der Waals surface area (Å²) in [5.74, 6) is 4.40. The molecule has 2 fully saturated rings. The van der Waals surface area contributed by atoms with Crippen molar-refractivity contribution in [3.63, 3.8) is 0 Å². The Morgan fingerprint density at radius 2 is 1.78 bits per heavy atom. The highest BCUT2D eigenvalue weighted by Gasteiger charge is 2.56. The third-order valence-corrected chi connectivity index (χ3v) is 9.32. The number of terminal acetylenes is 1.